The fourth-order valence-corrected chi connectivity index (χ4v) is 1.79. The normalized spacial score (nSPS) is 12.0. The molecule has 1 atom stereocenters. The van der Waals surface area contributed by atoms with Gasteiger partial charge in [0.15, 0.2) is 0 Å². The lowest BCUT2D eigenvalue weighted by atomic mass is 10.0. The number of nitrogens with zero attached hydrogens (tertiary/aromatic N) is 2. The van der Waals surface area contributed by atoms with E-state index >= 15 is 0 Å². The van der Waals surface area contributed by atoms with E-state index in [1.54, 1.807) is 19.2 Å². The maximum atomic E-state index is 12.2. The van der Waals surface area contributed by atoms with Gasteiger partial charge in [0.2, 0.25) is 0 Å². The summed E-state index contributed by atoms with van der Waals surface area (Å²) in [4.78, 5) is 13.7. The molecule has 0 aromatic heterocycles. The van der Waals surface area contributed by atoms with E-state index in [0.29, 0.717) is 17.9 Å². The molecule has 1 amide bonds. The molecule has 1 aromatic rings. The second-order valence-corrected chi connectivity index (χ2v) is 5.06. The Labute approximate surface area is 109 Å². The second kappa shape index (κ2) is 6.20. The quantitative estimate of drug-likeness (QED) is 0.817. The second-order valence-electron chi connectivity index (χ2n) is 5.06. The monoisotopic (exact) mass is 244 g/mol. The number of aryl methyl sites for hydroxylation is 1. The highest BCUT2D eigenvalue weighted by Gasteiger charge is 2.21. The molecule has 0 aliphatic rings. The van der Waals surface area contributed by atoms with Crippen LogP contribution in [-0.4, -0.2) is 23.9 Å². The average molecular weight is 244 g/mol. The zero-order valence-corrected chi connectivity index (χ0v) is 11.5. The Morgan fingerprint density at radius 1 is 1.33 bits per heavy atom. The number of carbonyl (C=O) groups is 1. The van der Waals surface area contributed by atoms with Crippen molar-refractivity contribution in [1.82, 2.24) is 4.90 Å². The summed E-state index contributed by atoms with van der Waals surface area (Å²) in [7, 11) is 1.69. The molecule has 0 saturated heterocycles. The predicted molar refractivity (Wildman–Crippen MR) is 72.1 cm³/mol. The van der Waals surface area contributed by atoms with Gasteiger partial charge in [-0.15, -0.1) is 0 Å². The lowest BCUT2D eigenvalue weighted by molar-refractivity contribution is 0.0752. The number of nitriles is 1. The lowest BCUT2D eigenvalue weighted by Gasteiger charge is -2.24. The molecular formula is C15H20N2O. The molecule has 0 radical (unpaired) electrons. The molecule has 0 spiro atoms. The predicted octanol–water partition coefficient (Wildman–Crippen LogP) is 3.01. The molecule has 0 N–H and O–H groups in total. The Bertz CT molecular complexity index is 443. The topological polar surface area (TPSA) is 44.1 Å². The maximum Gasteiger partial charge on any atom is 0.254 e. The molecule has 3 heteroatoms. The van der Waals surface area contributed by atoms with Crippen LogP contribution >= 0.6 is 0 Å². The molecule has 18 heavy (non-hydrogen) atoms. The van der Waals surface area contributed by atoms with Gasteiger partial charge in [-0.25, -0.2) is 0 Å². The summed E-state index contributed by atoms with van der Waals surface area (Å²) in [5.74, 6) is 0.296. The summed E-state index contributed by atoms with van der Waals surface area (Å²) in [5, 5.41) is 9.14. The Kier molecular flexibility index (Phi) is 4.91. The van der Waals surface area contributed by atoms with E-state index in [0.717, 1.165) is 5.56 Å². The van der Waals surface area contributed by atoms with Crippen LogP contribution in [0.4, 0.5) is 0 Å². The van der Waals surface area contributed by atoms with Crippen molar-refractivity contribution >= 4 is 5.91 Å². The highest BCUT2D eigenvalue weighted by atomic mass is 16.2. The minimum absolute atomic E-state index is 0.0952. The fraction of sp³-hybridized carbons (Fsp3) is 0.467. The van der Waals surface area contributed by atoms with E-state index in [9.17, 15) is 4.79 Å². The van der Waals surface area contributed by atoms with E-state index in [4.69, 9.17) is 5.26 Å². The zero-order valence-electron chi connectivity index (χ0n) is 11.5. The van der Waals surface area contributed by atoms with Crippen LogP contribution in [0.1, 0.15) is 36.2 Å². The fourth-order valence-electron chi connectivity index (χ4n) is 1.79. The van der Waals surface area contributed by atoms with Crippen LogP contribution in [0.2, 0.25) is 0 Å². The first-order valence-corrected chi connectivity index (χ1v) is 6.19. The van der Waals surface area contributed by atoms with Gasteiger partial charge in [-0.3, -0.25) is 4.79 Å². The van der Waals surface area contributed by atoms with Gasteiger partial charge in [-0.2, -0.15) is 5.26 Å². The minimum atomic E-state index is -0.362. The Hall–Kier alpha value is -1.82. The van der Waals surface area contributed by atoms with Gasteiger partial charge in [0, 0.05) is 12.6 Å². The third-order valence-corrected chi connectivity index (χ3v) is 2.93. The van der Waals surface area contributed by atoms with Gasteiger partial charge in [-0.1, -0.05) is 31.5 Å². The third-order valence-electron chi connectivity index (χ3n) is 2.93. The van der Waals surface area contributed by atoms with Crippen molar-refractivity contribution in [1.29, 1.82) is 5.26 Å². The largest absolute Gasteiger partial charge is 0.326 e. The van der Waals surface area contributed by atoms with E-state index in [1.165, 1.54) is 4.90 Å². The first-order chi connectivity index (χ1) is 8.45. The third kappa shape index (κ3) is 3.59. The highest BCUT2D eigenvalue weighted by molar-refractivity contribution is 5.94. The van der Waals surface area contributed by atoms with Crippen LogP contribution in [0.5, 0.6) is 0 Å². The van der Waals surface area contributed by atoms with Gasteiger partial charge >= 0.3 is 0 Å². The Morgan fingerprint density at radius 2 is 1.89 bits per heavy atom. The summed E-state index contributed by atoms with van der Waals surface area (Å²) >= 11 is 0. The molecule has 0 heterocycles. The van der Waals surface area contributed by atoms with Crippen molar-refractivity contribution in [3.63, 3.8) is 0 Å². The van der Waals surface area contributed by atoms with Gasteiger partial charge in [0.1, 0.15) is 6.04 Å². The van der Waals surface area contributed by atoms with Gasteiger partial charge in [0.25, 0.3) is 5.91 Å². The molecule has 1 rings (SSSR count). The Morgan fingerprint density at radius 3 is 2.33 bits per heavy atom. The van der Waals surface area contributed by atoms with Crippen molar-refractivity contribution in [2.45, 2.75) is 33.2 Å². The highest BCUT2D eigenvalue weighted by Crippen LogP contribution is 2.13. The maximum absolute atomic E-state index is 12.2. The van der Waals surface area contributed by atoms with Crippen LogP contribution in [0.15, 0.2) is 24.3 Å². The molecule has 0 aliphatic heterocycles. The van der Waals surface area contributed by atoms with Crippen molar-refractivity contribution in [3.8, 4) is 6.07 Å². The van der Waals surface area contributed by atoms with E-state index in [1.807, 2.05) is 19.1 Å². The SMILES string of the molecule is Cc1ccc(C(=O)N(C)C(C#N)CC(C)C)cc1. The minimum Gasteiger partial charge on any atom is -0.326 e. The molecule has 0 fully saturated rings. The summed E-state index contributed by atoms with van der Waals surface area (Å²) in [5.41, 5.74) is 1.75. The van der Waals surface area contributed by atoms with Crippen molar-refractivity contribution in [3.05, 3.63) is 35.4 Å². The number of hydrogen-bond donors (Lipinski definition) is 0. The van der Waals surface area contributed by atoms with E-state index in [-0.39, 0.29) is 11.9 Å². The van der Waals surface area contributed by atoms with Gasteiger partial charge < -0.3 is 4.90 Å². The number of benzene rings is 1. The number of rotatable bonds is 4. The smallest absolute Gasteiger partial charge is 0.254 e. The molecule has 0 saturated carbocycles. The zero-order chi connectivity index (χ0) is 13.7. The summed E-state index contributed by atoms with van der Waals surface area (Å²) in [6.45, 7) is 6.08. The van der Waals surface area contributed by atoms with Crippen LogP contribution < -0.4 is 0 Å². The summed E-state index contributed by atoms with van der Waals surface area (Å²) in [6, 6.07) is 9.26. The van der Waals surface area contributed by atoms with Crippen LogP contribution in [0.3, 0.4) is 0 Å². The van der Waals surface area contributed by atoms with Crippen LogP contribution in [0.25, 0.3) is 0 Å². The molecule has 0 aliphatic carbocycles. The number of hydrogen-bond acceptors (Lipinski definition) is 2. The van der Waals surface area contributed by atoms with Crippen molar-refractivity contribution in [2.75, 3.05) is 7.05 Å². The number of carbonyl (C=O) groups excluding carboxylic acids is 1. The van der Waals surface area contributed by atoms with E-state index < -0.39 is 0 Å². The first-order valence-electron chi connectivity index (χ1n) is 6.19. The molecule has 1 unspecified atom stereocenters. The Balaban J connectivity index is 2.82. The van der Waals surface area contributed by atoms with E-state index in [2.05, 4.69) is 19.9 Å². The number of amides is 1. The van der Waals surface area contributed by atoms with Crippen LogP contribution in [0, 0.1) is 24.2 Å². The summed E-state index contributed by atoms with van der Waals surface area (Å²) < 4.78 is 0. The molecule has 3 nitrogen and oxygen atoms in total. The molecule has 1 aromatic carbocycles. The molecule has 96 valence electrons. The molecule has 0 bridgehead atoms. The average Bonchev–Trinajstić information content (AvgIpc) is 2.35. The van der Waals surface area contributed by atoms with Crippen LogP contribution in [-0.2, 0) is 0 Å². The van der Waals surface area contributed by atoms with Crippen molar-refractivity contribution in [2.24, 2.45) is 5.92 Å². The van der Waals surface area contributed by atoms with Crippen molar-refractivity contribution < 1.29 is 4.79 Å². The standard InChI is InChI=1S/C15H20N2O/c1-11(2)9-14(10-16)17(4)15(18)13-7-5-12(3)6-8-13/h5-8,11,14H,9H2,1-4H3. The summed E-state index contributed by atoms with van der Waals surface area (Å²) in [6.07, 6.45) is 0.699. The first kappa shape index (κ1) is 14.2. The molecular weight excluding hydrogens is 224 g/mol. The lowest BCUT2D eigenvalue weighted by Crippen LogP contribution is -2.37. The van der Waals surface area contributed by atoms with Gasteiger partial charge in [0.05, 0.1) is 6.07 Å². The van der Waals surface area contributed by atoms with Gasteiger partial charge in [-0.05, 0) is 31.4 Å².